The minimum Gasteiger partial charge on any atom is -0.331 e. The van der Waals surface area contributed by atoms with E-state index in [1.54, 1.807) is 6.21 Å². The van der Waals surface area contributed by atoms with E-state index in [9.17, 15) is 0 Å². The van der Waals surface area contributed by atoms with Gasteiger partial charge in [0.25, 0.3) is 0 Å². The van der Waals surface area contributed by atoms with Gasteiger partial charge in [-0.1, -0.05) is 36.4 Å². The minimum absolute atomic E-state index is 0.473. The van der Waals surface area contributed by atoms with Gasteiger partial charge in [-0.05, 0) is 54.9 Å². The first-order valence-electron chi connectivity index (χ1n) is 6.37. The van der Waals surface area contributed by atoms with Gasteiger partial charge in [0.05, 0.1) is 6.21 Å². The molecule has 0 aliphatic carbocycles. The summed E-state index contributed by atoms with van der Waals surface area (Å²) in [5.74, 6) is 0. The predicted octanol–water partition coefficient (Wildman–Crippen LogP) is 3.62. The highest BCUT2D eigenvalue weighted by Crippen LogP contribution is 2.09. The Kier molecular flexibility index (Phi) is 4.85. The van der Waals surface area contributed by atoms with Gasteiger partial charge in [-0.15, -0.1) is 0 Å². The molecule has 3 nitrogen and oxygen atoms in total. The van der Waals surface area contributed by atoms with Gasteiger partial charge < -0.3 is 5.32 Å². The lowest BCUT2D eigenvalue weighted by atomic mass is 10.1. The van der Waals surface area contributed by atoms with Gasteiger partial charge in [0, 0.05) is 5.69 Å². The average molecular weight is 283 g/mol. The highest BCUT2D eigenvalue weighted by atomic mass is 32.1. The van der Waals surface area contributed by atoms with Gasteiger partial charge in [-0.2, -0.15) is 5.10 Å². The fourth-order valence-electron chi connectivity index (χ4n) is 1.77. The minimum atomic E-state index is 0.473. The smallest absolute Gasteiger partial charge is 0.191 e. The molecule has 0 atom stereocenters. The fraction of sp³-hybridized carbons (Fsp3) is 0.125. The summed E-state index contributed by atoms with van der Waals surface area (Å²) < 4.78 is 0. The lowest BCUT2D eigenvalue weighted by molar-refractivity contribution is 1.05. The molecule has 0 saturated heterocycles. The van der Waals surface area contributed by atoms with Crippen LogP contribution in [-0.4, -0.2) is 11.3 Å². The molecular weight excluding hydrogens is 266 g/mol. The van der Waals surface area contributed by atoms with Crippen LogP contribution < -0.4 is 10.7 Å². The van der Waals surface area contributed by atoms with E-state index in [-0.39, 0.29) is 0 Å². The zero-order valence-electron chi connectivity index (χ0n) is 11.6. The van der Waals surface area contributed by atoms with Crippen LogP contribution in [0, 0.1) is 13.8 Å². The number of thiocarbonyl (C=S) groups is 1. The van der Waals surface area contributed by atoms with Crippen molar-refractivity contribution in [3.05, 3.63) is 65.2 Å². The van der Waals surface area contributed by atoms with Crippen LogP contribution in [0.25, 0.3) is 0 Å². The second-order valence-electron chi connectivity index (χ2n) is 4.55. The Morgan fingerprint density at radius 1 is 1.10 bits per heavy atom. The summed E-state index contributed by atoms with van der Waals surface area (Å²) in [5.41, 5.74) is 7.19. The quantitative estimate of drug-likeness (QED) is 0.513. The largest absolute Gasteiger partial charge is 0.331 e. The van der Waals surface area contributed by atoms with Gasteiger partial charge in [-0.25, -0.2) is 0 Å². The maximum absolute atomic E-state index is 5.19. The highest BCUT2D eigenvalue weighted by Gasteiger charge is 1.96. The van der Waals surface area contributed by atoms with E-state index < -0.39 is 0 Å². The van der Waals surface area contributed by atoms with Crippen molar-refractivity contribution < 1.29 is 0 Å². The van der Waals surface area contributed by atoms with Crippen molar-refractivity contribution >= 4 is 29.2 Å². The molecule has 2 aromatic carbocycles. The summed E-state index contributed by atoms with van der Waals surface area (Å²) in [5, 5.41) is 7.71. The van der Waals surface area contributed by atoms with Gasteiger partial charge in [0.1, 0.15) is 0 Å². The number of hydrogen-bond donors (Lipinski definition) is 2. The van der Waals surface area contributed by atoms with Crippen LogP contribution in [0.15, 0.2) is 53.6 Å². The standard InChI is InChI=1S/C16H17N3S/c1-12-6-5-9-15(10-12)18-16(20)19-17-11-14-8-4-3-7-13(14)2/h3-11H,1-2H3,(H2,18,19,20)/b17-11+. The number of nitrogens with one attached hydrogen (secondary N) is 2. The van der Waals surface area contributed by atoms with Crippen LogP contribution in [-0.2, 0) is 0 Å². The maximum Gasteiger partial charge on any atom is 0.191 e. The van der Waals surface area contributed by atoms with Crippen LogP contribution in [0.3, 0.4) is 0 Å². The molecule has 102 valence electrons. The summed E-state index contributed by atoms with van der Waals surface area (Å²) in [4.78, 5) is 0. The number of hydrazone groups is 1. The third kappa shape index (κ3) is 4.17. The Bertz CT molecular complexity index is 635. The van der Waals surface area contributed by atoms with E-state index >= 15 is 0 Å². The van der Waals surface area contributed by atoms with Crippen LogP contribution >= 0.6 is 12.2 Å². The van der Waals surface area contributed by atoms with Gasteiger partial charge in [0.2, 0.25) is 0 Å². The van der Waals surface area contributed by atoms with Crippen LogP contribution in [0.2, 0.25) is 0 Å². The average Bonchev–Trinajstić information content (AvgIpc) is 2.41. The molecular formula is C16H17N3S. The first-order valence-corrected chi connectivity index (χ1v) is 6.78. The number of aryl methyl sites for hydroxylation is 2. The molecule has 0 bridgehead atoms. The third-order valence-electron chi connectivity index (χ3n) is 2.83. The lowest BCUT2D eigenvalue weighted by Crippen LogP contribution is -2.23. The summed E-state index contributed by atoms with van der Waals surface area (Å²) in [6.45, 7) is 4.09. The fourth-order valence-corrected chi connectivity index (χ4v) is 1.94. The molecule has 4 heteroatoms. The van der Waals surface area contributed by atoms with Gasteiger partial charge >= 0.3 is 0 Å². The summed E-state index contributed by atoms with van der Waals surface area (Å²) >= 11 is 5.19. The van der Waals surface area contributed by atoms with Gasteiger partial charge in [0.15, 0.2) is 5.11 Å². The van der Waals surface area contributed by atoms with E-state index in [1.165, 1.54) is 11.1 Å². The molecule has 2 rings (SSSR count). The number of nitrogens with zero attached hydrogens (tertiary/aromatic N) is 1. The normalized spacial score (nSPS) is 10.5. The second kappa shape index (κ2) is 6.82. The molecule has 0 unspecified atom stereocenters. The molecule has 2 aromatic rings. The molecule has 0 aliphatic heterocycles. The zero-order valence-corrected chi connectivity index (χ0v) is 12.4. The predicted molar refractivity (Wildman–Crippen MR) is 89.3 cm³/mol. The first kappa shape index (κ1) is 14.2. The SMILES string of the molecule is Cc1cccc(NC(=S)N/N=C/c2ccccc2C)c1. The molecule has 20 heavy (non-hydrogen) atoms. The topological polar surface area (TPSA) is 36.4 Å². The molecule has 0 saturated carbocycles. The Morgan fingerprint density at radius 2 is 1.90 bits per heavy atom. The van der Waals surface area contributed by atoms with Crippen molar-refractivity contribution in [2.24, 2.45) is 5.10 Å². The van der Waals surface area contributed by atoms with Crippen LogP contribution in [0.1, 0.15) is 16.7 Å². The van der Waals surface area contributed by atoms with E-state index in [2.05, 4.69) is 15.8 Å². The van der Waals surface area contributed by atoms with Crippen molar-refractivity contribution in [1.82, 2.24) is 5.43 Å². The van der Waals surface area contributed by atoms with E-state index in [1.807, 2.05) is 62.4 Å². The molecule has 0 aliphatic rings. The van der Waals surface area contributed by atoms with E-state index in [4.69, 9.17) is 12.2 Å². The number of benzene rings is 2. The Morgan fingerprint density at radius 3 is 2.65 bits per heavy atom. The molecule has 0 spiro atoms. The van der Waals surface area contributed by atoms with Crippen molar-refractivity contribution in [1.29, 1.82) is 0 Å². The van der Waals surface area contributed by atoms with E-state index in [0.29, 0.717) is 5.11 Å². The highest BCUT2D eigenvalue weighted by molar-refractivity contribution is 7.80. The van der Waals surface area contributed by atoms with E-state index in [0.717, 1.165) is 11.3 Å². The molecule has 0 radical (unpaired) electrons. The molecule has 0 aromatic heterocycles. The second-order valence-corrected chi connectivity index (χ2v) is 4.96. The first-order chi connectivity index (χ1) is 9.65. The summed E-state index contributed by atoms with van der Waals surface area (Å²) in [7, 11) is 0. The number of rotatable bonds is 3. The Labute approximate surface area is 124 Å². The molecule has 0 amide bonds. The van der Waals surface area contributed by atoms with Crippen LogP contribution in [0.5, 0.6) is 0 Å². The van der Waals surface area contributed by atoms with Crippen LogP contribution in [0.4, 0.5) is 5.69 Å². The Hall–Kier alpha value is -2.20. The molecule has 2 N–H and O–H groups in total. The Balaban J connectivity index is 1.91. The number of hydrogen-bond acceptors (Lipinski definition) is 2. The van der Waals surface area contributed by atoms with Crippen molar-refractivity contribution in [3.8, 4) is 0 Å². The number of anilines is 1. The van der Waals surface area contributed by atoms with Crippen molar-refractivity contribution in [2.45, 2.75) is 13.8 Å². The summed E-state index contributed by atoms with van der Waals surface area (Å²) in [6, 6.07) is 16.1. The lowest BCUT2D eigenvalue weighted by Gasteiger charge is -2.07. The molecule has 0 heterocycles. The van der Waals surface area contributed by atoms with Crippen molar-refractivity contribution in [2.75, 3.05) is 5.32 Å². The third-order valence-corrected chi connectivity index (χ3v) is 3.03. The summed E-state index contributed by atoms with van der Waals surface area (Å²) in [6.07, 6.45) is 1.76. The van der Waals surface area contributed by atoms with Gasteiger partial charge in [-0.3, -0.25) is 5.43 Å². The molecule has 0 fully saturated rings. The monoisotopic (exact) mass is 283 g/mol. The van der Waals surface area contributed by atoms with Crippen molar-refractivity contribution in [3.63, 3.8) is 0 Å². The zero-order chi connectivity index (χ0) is 14.4. The maximum atomic E-state index is 5.19.